The fourth-order valence-electron chi connectivity index (χ4n) is 1.55. The lowest BCUT2D eigenvalue weighted by Gasteiger charge is -2.06. The standard InChI is InChI=1S/C12H22N4O2/c1-3-5-6-7-8-14-10-9-11(18-4-2)15-12(13)16(10)17/h9,17H,3-8H2,1-2H3,(H2,13,15). The smallest absolute Gasteiger partial charge is 0.239 e. The highest BCUT2D eigenvalue weighted by molar-refractivity contribution is 5.21. The molecule has 0 bridgehead atoms. The van der Waals surface area contributed by atoms with Crippen LogP contribution in [0.2, 0.25) is 0 Å². The second kappa shape index (κ2) is 7.58. The number of unbranched alkanes of at least 4 members (excludes halogenated alkanes) is 3. The number of nitrogens with two attached hydrogens (primary N) is 1. The third-order valence-corrected chi connectivity index (χ3v) is 2.49. The van der Waals surface area contributed by atoms with Crippen LogP contribution in [0.1, 0.15) is 39.5 Å². The van der Waals surface area contributed by atoms with E-state index in [1.165, 1.54) is 12.8 Å². The van der Waals surface area contributed by atoms with Crippen molar-refractivity contribution in [3.63, 3.8) is 0 Å². The van der Waals surface area contributed by atoms with E-state index >= 15 is 0 Å². The van der Waals surface area contributed by atoms with E-state index in [0.29, 0.717) is 24.5 Å². The number of anilines is 1. The zero-order chi connectivity index (χ0) is 13.4. The second-order valence-electron chi connectivity index (χ2n) is 4.00. The molecule has 0 radical (unpaired) electrons. The van der Waals surface area contributed by atoms with Gasteiger partial charge in [-0.15, -0.1) is 4.73 Å². The molecule has 102 valence electrons. The van der Waals surface area contributed by atoms with E-state index in [2.05, 4.69) is 16.9 Å². The monoisotopic (exact) mass is 254 g/mol. The molecule has 18 heavy (non-hydrogen) atoms. The molecule has 1 rings (SSSR count). The molecule has 0 aliphatic heterocycles. The average molecular weight is 254 g/mol. The van der Waals surface area contributed by atoms with Gasteiger partial charge in [0.15, 0.2) is 5.49 Å². The van der Waals surface area contributed by atoms with Crippen LogP contribution in [0.4, 0.5) is 5.95 Å². The zero-order valence-corrected chi connectivity index (χ0v) is 11.1. The Bertz CT molecular complexity index is 429. The maximum absolute atomic E-state index is 9.67. The number of hydrogen-bond donors (Lipinski definition) is 2. The third-order valence-electron chi connectivity index (χ3n) is 2.49. The molecule has 6 heteroatoms. The van der Waals surface area contributed by atoms with Crippen molar-refractivity contribution < 1.29 is 9.94 Å². The Morgan fingerprint density at radius 3 is 2.83 bits per heavy atom. The predicted octanol–water partition coefficient (Wildman–Crippen LogP) is 1.58. The highest BCUT2D eigenvalue weighted by Gasteiger charge is 2.03. The molecule has 3 N–H and O–H groups in total. The molecule has 0 aliphatic carbocycles. The van der Waals surface area contributed by atoms with Gasteiger partial charge in [0, 0.05) is 12.6 Å². The molecule has 0 atom stereocenters. The maximum Gasteiger partial charge on any atom is 0.239 e. The Kier molecular flexibility index (Phi) is 6.04. The predicted molar refractivity (Wildman–Crippen MR) is 69.6 cm³/mol. The van der Waals surface area contributed by atoms with Gasteiger partial charge >= 0.3 is 0 Å². The molecule has 0 saturated carbocycles. The van der Waals surface area contributed by atoms with Gasteiger partial charge in [0.05, 0.1) is 6.61 Å². The Morgan fingerprint density at radius 2 is 2.17 bits per heavy atom. The van der Waals surface area contributed by atoms with Crippen LogP contribution in [0.25, 0.3) is 0 Å². The summed E-state index contributed by atoms with van der Waals surface area (Å²) >= 11 is 0. The molecular formula is C12H22N4O2. The normalized spacial score (nSPS) is 11.8. The van der Waals surface area contributed by atoms with E-state index in [-0.39, 0.29) is 5.95 Å². The minimum Gasteiger partial charge on any atom is -0.478 e. The highest BCUT2D eigenvalue weighted by Crippen LogP contribution is 2.04. The molecule has 0 saturated heterocycles. The topological polar surface area (TPSA) is 85.7 Å². The summed E-state index contributed by atoms with van der Waals surface area (Å²) in [5, 5.41) is 9.67. The van der Waals surface area contributed by atoms with Gasteiger partial charge in [0.2, 0.25) is 11.8 Å². The van der Waals surface area contributed by atoms with Gasteiger partial charge in [-0.1, -0.05) is 26.2 Å². The summed E-state index contributed by atoms with van der Waals surface area (Å²) in [5.74, 6) is 0.362. The van der Waals surface area contributed by atoms with E-state index in [9.17, 15) is 5.21 Å². The summed E-state index contributed by atoms with van der Waals surface area (Å²) in [6.07, 6.45) is 4.54. The Labute approximate surface area is 107 Å². The lowest BCUT2D eigenvalue weighted by molar-refractivity contribution is 0.172. The number of nitrogen functional groups attached to an aromatic ring is 1. The fourth-order valence-corrected chi connectivity index (χ4v) is 1.55. The lowest BCUT2D eigenvalue weighted by atomic mass is 10.2. The van der Waals surface area contributed by atoms with Crippen molar-refractivity contribution in [2.45, 2.75) is 39.5 Å². The van der Waals surface area contributed by atoms with E-state index in [0.717, 1.165) is 17.6 Å². The van der Waals surface area contributed by atoms with Crippen molar-refractivity contribution in [1.82, 2.24) is 9.71 Å². The summed E-state index contributed by atoms with van der Waals surface area (Å²) in [6, 6.07) is 1.58. The minimum absolute atomic E-state index is 0.0201. The van der Waals surface area contributed by atoms with Gasteiger partial charge < -0.3 is 15.7 Å². The van der Waals surface area contributed by atoms with Gasteiger partial charge in [0.25, 0.3) is 0 Å². The van der Waals surface area contributed by atoms with Crippen molar-refractivity contribution in [2.24, 2.45) is 4.99 Å². The zero-order valence-electron chi connectivity index (χ0n) is 11.1. The summed E-state index contributed by atoms with van der Waals surface area (Å²) in [6.45, 7) is 5.18. The molecule has 0 unspecified atom stereocenters. The maximum atomic E-state index is 9.67. The van der Waals surface area contributed by atoms with E-state index in [1.807, 2.05) is 6.92 Å². The number of aromatic nitrogens is 2. The molecule has 0 spiro atoms. The van der Waals surface area contributed by atoms with E-state index < -0.39 is 0 Å². The third kappa shape index (κ3) is 4.27. The summed E-state index contributed by atoms with van der Waals surface area (Å²) < 4.78 is 6.03. The highest BCUT2D eigenvalue weighted by atomic mass is 16.5. The Hall–Kier alpha value is -1.72. The largest absolute Gasteiger partial charge is 0.478 e. The summed E-state index contributed by atoms with van der Waals surface area (Å²) in [5.41, 5.74) is 5.94. The van der Waals surface area contributed by atoms with Crippen LogP contribution >= 0.6 is 0 Å². The first-order valence-electron chi connectivity index (χ1n) is 6.41. The quantitative estimate of drug-likeness (QED) is 0.571. The van der Waals surface area contributed by atoms with Crippen molar-refractivity contribution >= 4 is 5.95 Å². The first-order chi connectivity index (χ1) is 8.69. The molecular weight excluding hydrogens is 232 g/mol. The van der Waals surface area contributed by atoms with E-state index in [1.54, 1.807) is 6.07 Å². The molecule has 1 aromatic heterocycles. The van der Waals surface area contributed by atoms with Crippen LogP contribution in [-0.2, 0) is 0 Å². The summed E-state index contributed by atoms with van der Waals surface area (Å²) in [4.78, 5) is 8.18. The molecule has 1 aromatic rings. The Morgan fingerprint density at radius 1 is 1.39 bits per heavy atom. The summed E-state index contributed by atoms with van der Waals surface area (Å²) in [7, 11) is 0. The van der Waals surface area contributed by atoms with Crippen LogP contribution in [-0.4, -0.2) is 28.1 Å². The van der Waals surface area contributed by atoms with Crippen molar-refractivity contribution in [3.05, 3.63) is 11.6 Å². The minimum atomic E-state index is -0.0201. The molecule has 0 aliphatic rings. The second-order valence-corrected chi connectivity index (χ2v) is 4.00. The molecule has 0 fully saturated rings. The van der Waals surface area contributed by atoms with Crippen LogP contribution < -0.4 is 16.0 Å². The van der Waals surface area contributed by atoms with Crippen LogP contribution in [0, 0.1) is 0 Å². The van der Waals surface area contributed by atoms with Gasteiger partial charge in [-0.2, -0.15) is 4.98 Å². The van der Waals surface area contributed by atoms with Crippen molar-refractivity contribution in [2.75, 3.05) is 18.9 Å². The number of hydrogen-bond acceptors (Lipinski definition) is 5. The number of rotatable bonds is 7. The number of nitrogens with zero attached hydrogens (tertiary/aromatic N) is 3. The fraction of sp³-hybridized carbons (Fsp3) is 0.667. The lowest BCUT2D eigenvalue weighted by Crippen LogP contribution is -2.23. The Balaban J connectivity index is 2.76. The average Bonchev–Trinajstić information content (AvgIpc) is 2.35. The van der Waals surface area contributed by atoms with Crippen LogP contribution in [0.5, 0.6) is 5.88 Å². The van der Waals surface area contributed by atoms with Gasteiger partial charge in [0.1, 0.15) is 0 Å². The first-order valence-corrected chi connectivity index (χ1v) is 6.41. The molecule has 0 amide bonds. The van der Waals surface area contributed by atoms with E-state index in [4.69, 9.17) is 10.5 Å². The number of ether oxygens (including phenoxy) is 1. The van der Waals surface area contributed by atoms with Crippen LogP contribution in [0.15, 0.2) is 11.1 Å². The van der Waals surface area contributed by atoms with Gasteiger partial charge in [-0.3, -0.25) is 4.99 Å². The van der Waals surface area contributed by atoms with Gasteiger partial charge in [-0.25, -0.2) is 0 Å². The van der Waals surface area contributed by atoms with Crippen molar-refractivity contribution in [3.8, 4) is 5.88 Å². The van der Waals surface area contributed by atoms with Gasteiger partial charge in [-0.05, 0) is 13.3 Å². The molecule has 6 nitrogen and oxygen atoms in total. The van der Waals surface area contributed by atoms with Crippen molar-refractivity contribution in [1.29, 1.82) is 0 Å². The van der Waals surface area contributed by atoms with Crippen LogP contribution in [0.3, 0.4) is 0 Å². The first kappa shape index (κ1) is 14.3. The molecule has 0 aromatic carbocycles. The molecule has 1 heterocycles. The SMILES string of the molecule is CCCCCCN=c1cc(OCC)nc(N)n1O.